The third-order valence-electron chi connectivity index (χ3n) is 5.20. The number of aromatic nitrogens is 2. The molecule has 4 rings (SSSR count). The molecule has 7 nitrogen and oxygen atoms in total. The molecule has 0 radical (unpaired) electrons. The zero-order valence-electron chi connectivity index (χ0n) is 18.0. The number of hydrogen-bond donors (Lipinski definition) is 1. The number of halogens is 5. The molecule has 1 atom stereocenters. The largest absolute Gasteiger partial charge is 0.496 e. The number of hydrogen-bond acceptors (Lipinski definition) is 5. The molecule has 1 amide bonds. The van der Waals surface area contributed by atoms with Crippen LogP contribution in [0.1, 0.15) is 30.1 Å². The maximum Gasteiger partial charge on any atom is 0.425 e. The fraction of sp³-hybridized carbons (Fsp3) is 0.364. The van der Waals surface area contributed by atoms with E-state index < -0.39 is 24.8 Å². The lowest BCUT2D eigenvalue weighted by Crippen LogP contribution is -2.31. The number of amides is 1. The van der Waals surface area contributed by atoms with Crippen molar-refractivity contribution >= 4 is 11.6 Å². The molecule has 0 aliphatic heterocycles. The molecule has 3 aromatic rings. The van der Waals surface area contributed by atoms with E-state index in [4.69, 9.17) is 9.47 Å². The summed E-state index contributed by atoms with van der Waals surface area (Å²) in [5.41, 5.74) is 0.828. The number of methoxy groups -OCH3 is 1. The van der Waals surface area contributed by atoms with Crippen LogP contribution in [-0.4, -0.2) is 47.3 Å². The maximum atomic E-state index is 13.1. The first-order chi connectivity index (χ1) is 16.1. The Bertz CT molecular complexity index is 1210. The molecule has 34 heavy (non-hydrogen) atoms. The van der Waals surface area contributed by atoms with Gasteiger partial charge in [0.05, 0.1) is 19.0 Å². The van der Waals surface area contributed by atoms with E-state index in [0.717, 1.165) is 19.8 Å². The van der Waals surface area contributed by atoms with Gasteiger partial charge in [0.2, 0.25) is 0 Å². The molecule has 0 bridgehead atoms. The molecular formula is C22H20F5N3O4. The van der Waals surface area contributed by atoms with Crippen LogP contribution < -0.4 is 19.5 Å². The van der Waals surface area contributed by atoms with Crippen molar-refractivity contribution in [3.05, 3.63) is 42.2 Å². The number of carbonyl (C=O) groups excluding carboxylic acids is 1. The second kappa shape index (κ2) is 8.99. The summed E-state index contributed by atoms with van der Waals surface area (Å²) in [7, 11) is 1.29. The maximum absolute atomic E-state index is 13.1. The van der Waals surface area contributed by atoms with Crippen LogP contribution in [0, 0.1) is 0 Å². The molecular weight excluding hydrogens is 465 g/mol. The van der Waals surface area contributed by atoms with Crippen LogP contribution in [0.2, 0.25) is 0 Å². The van der Waals surface area contributed by atoms with Crippen molar-refractivity contribution < 1.29 is 41.0 Å². The first-order valence-electron chi connectivity index (χ1n) is 10.3. The Morgan fingerprint density at radius 1 is 1.18 bits per heavy atom. The highest BCUT2D eigenvalue weighted by atomic mass is 19.4. The molecule has 1 N–H and O–H groups in total. The Morgan fingerprint density at radius 2 is 1.88 bits per heavy atom. The topological polar surface area (TPSA) is 74.1 Å². The number of pyridine rings is 1. The van der Waals surface area contributed by atoms with Gasteiger partial charge in [-0.05, 0) is 38.0 Å². The number of carbonyl (C=O) groups is 1. The number of imidazole rings is 1. The predicted octanol–water partition coefficient (Wildman–Crippen LogP) is 4.83. The van der Waals surface area contributed by atoms with Gasteiger partial charge in [-0.1, -0.05) is 0 Å². The van der Waals surface area contributed by atoms with Gasteiger partial charge in [-0.25, -0.2) is 4.98 Å². The van der Waals surface area contributed by atoms with E-state index in [1.165, 1.54) is 48.2 Å². The fourth-order valence-electron chi connectivity index (χ4n) is 3.32. The number of rotatable bonds is 8. The van der Waals surface area contributed by atoms with E-state index in [0.29, 0.717) is 11.3 Å². The number of benzene rings is 1. The minimum absolute atomic E-state index is 0.0141. The van der Waals surface area contributed by atoms with Crippen LogP contribution in [0.5, 0.6) is 17.2 Å². The molecule has 0 spiro atoms. The molecule has 1 fully saturated rings. The van der Waals surface area contributed by atoms with E-state index in [9.17, 15) is 26.7 Å². The minimum Gasteiger partial charge on any atom is -0.496 e. The van der Waals surface area contributed by atoms with Gasteiger partial charge in [0.1, 0.15) is 28.5 Å². The summed E-state index contributed by atoms with van der Waals surface area (Å²) in [5, 5.41) is 2.72. The molecule has 0 saturated heterocycles. The van der Waals surface area contributed by atoms with E-state index >= 15 is 0 Å². The first kappa shape index (κ1) is 23.6. The Kier molecular flexibility index (Phi) is 6.24. The predicted molar refractivity (Wildman–Crippen MR) is 110 cm³/mol. The molecule has 1 aliphatic carbocycles. The van der Waals surface area contributed by atoms with E-state index in [1.54, 1.807) is 0 Å². The molecule has 2 heterocycles. The van der Waals surface area contributed by atoms with Crippen molar-refractivity contribution in [2.24, 2.45) is 0 Å². The van der Waals surface area contributed by atoms with Gasteiger partial charge in [0.25, 0.3) is 5.91 Å². The summed E-state index contributed by atoms with van der Waals surface area (Å²) in [6.07, 6.45) is -2.12. The van der Waals surface area contributed by atoms with Gasteiger partial charge in [0.15, 0.2) is 6.10 Å². The van der Waals surface area contributed by atoms with Crippen LogP contribution in [0.4, 0.5) is 22.0 Å². The summed E-state index contributed by atoms with van der Waals surface area (Å²) in [5.74, 6) is -1.00. The number of alkyl halides is 5. The molecule has 12 heteroatoms. The van der Waals surface area contributed by atoms with E-state index in [1.807, 2.05) is 0 Å². The monoisotopic (exact) mass is 485 g/mol. The van der Waals surface area contributed by atoms with Gasteiger partial charge in [-0.2, -0.15) is 22.0 Å². The summed E-state index contributed by atoms with van der Waals surface area (Å²) in [4.78, 5) is 16.8. The van der Waals surface area contributed by atoms with Crippen LogP contribution in [0.3, 0.4) is 0 Å². The highest BCUT2D eigenvalue weighted by molar-refractivity contribution is 6.01. The third-order valence-corrected chi connectivity index (χ3v) is 5.20. The van der Waals surface area contributed by atoms with Crippen molar-refractivity contribution in [3.63, 3.8) is 0 Å². The van der Waals surface area contributed by atoms with Gasteiger partial charge in [-0.15, -0.1) is 0 Å². The van der Waals surface area contributed by atoms with Crippen molar-refractivity contribution in [3.8, 4) is 28.5 Å². The lowest BCUT2D eigenvalue weighted by molar-refractivity contribution is -0.189. The summed E-state index contributed by atoms with van der Waals surface area (Å²) >= 11 is 0. The Balaban J connectivity index is 1.73. The quantitative estimate of drug-likeness (QED) is 0.463. The molecule has 1 saturated carbocycles. The van der Waals surface area contributed by atoms with Crippen LogP contribution in [0.25, 0.3) is 16.9 Å². The number of nitrogens with zero attached hydrogens (tertiary/aromatic N) is 2. The van der Waals surface area contributed by atoms with E-state index in [2.05, 4.69) is 15.0 Å². The number of ether oxygens (including phenoxy) is 3. The van der Waals surface area contributed by atoms with Crippen molar-refractivity contribution in [2.45, 2.75) is 44.7 Å². The Hall–Kier alpha value is -3.57. The second-order valence-corrected chi connectivity index (χ2v) is 7.71. The third kappa shape index (κ3) is 5.00. The van der Waals surface area contributed by atoms with E-state index in [-0.39, 0.29) is 34.5 Å². The van der Waals surface area contributed by atoms with Crippen molar-refractivity contribution in [1.29, 1.82) is 0 Å². The molecule has 1 aliphatic rings. The Morgan fingerprint density at radius 3 is 2.50 bits per heavy atom. The van der Waals surface area contributed by atoms with Crippen molar-refractivity contribution in [2.75, 3.05) is 7.11 Å². The van der Waals surface area contributed by atoms with Crippen LogP contribution in [0.15, 0.2) is 36.7 Å². The van der Waals surface area contributed by atoms with Gasteiger partial charge >= 0.3 is 12.8 Å². The Labute approximate surface area is 190 Å². The summed E-state index contributed by atoms with van der Waals surface area (Å²) in [6, 6.07) is 5.35. The van der Waals surface area contributed by atoms with Crippen LogP contribution >= 0.6 is 0 Å². The molecule has 182 valence electrons. The first-order valence-corrected chi connectivity index (χ1v) is 10.3. The highest BCUT2D eigenvalue weighted by Crippen LogP contribution is 2.37. The van der Waals surface area contributed by atoms with Crippen molar-refractivity contribution in [1.82, 2.24) is 14.7 Å². The fourth-order valence-corrected chi connectivity index (χ4v) is 3.32. The second-order valence-electron chi connectivity index (χ2n) is 7.71. The lowest BCUT2D eigenvalue weighted by atomic mass is 10.1. The number of nitrogens with one attached hydrogen (secondary N) is 1. The zero-order chi connectivity index (χ0) is 24.6. The summed E-state index contributed by atoms with van der Waals surface area (Å²) < 4.78 is 81.0. The summed E-state index contributed by atoms with van der Waals surface area (Å²) in [6.45, 7) is -2.30. The zero-order valence-corrected chi connectivity index (χ0v) is 18.0. The van der Waals surface area contributed by atoms with Gasteiger partial charge in [-0.3, -0.25) is 9.20 Å². The standard InChI is InChI=1S/C22H20F5N3O4/c1-11(22(25,26)27)33-14-5-6-30-15(10-28-18(30)9-14)12-7-16(32-2)19(17(8-12)34-21(23)24)20(31)29-13-3-4-13/h5-11,13,21H,3-4H2,1-2H3,(H,29,31). The molecule has 2 aromatic heterocycles. The minimum atomic E-state index is -4.53. The lowest BCUT2D eigenvalue weighted by Gasteiger charge is -2.18. The molecule has 1 unspecified atom stereocenters. The van der Waals surface area contributed by atoms with Gasteiger partial charge in [0, 0.05) is 23.9 Å². The number of fused-ring (bicyclic) bond motifs is 1. The van der Waals surface area contributed by atoms with Crippen LogP contribution in [-0.2, 0) is 0 Å². The molecule has 1 aromatic carbocycles. The highest BCUT2D eigenvalue weighted by Gasteiger charge is 2.38. The average Bonchev–Trinajstić information content (AvgIpc) is 3.47. The SMILES string of the molecule is COc1cc(-c2cnc3cc(OC(C)C(F)(F)F)ccn23)cc(OC(F)F)c1C(=O)NC1CC1. The smallest absolute Gasteiger partial charge is 0.425 e. The normalized spacial score (nSPS) is 14.8. The average molecular weight is 485 g/mol. The van der Waals surface area contributed by atoms with Gasteiger partial charge < -0.3 is 19.5 Å².